The molecule has 2 aliphatic heterocycles. The number of benzene rings is 1. The van der Waals surface area contributed by atoms with E-state index < -0.39 is 11.4 Å². The summed E-state index contributed by atoms with van der Waals surface area (Å²) in [6, 6.07) is 3.16. The van der Waals surface area contributed by atoms with E-state index in [1.807, 2.05) is 25.7 Å². The number of rotatable bonds is 1. The molecule has 3 rings (SSSR count). The van der Waals surface area contributed by atoms with Gasteiger partial charge in [0.2, 0.25) is 5.75 Å². The highest BCUT2D eigenvalue weighted by Gasteiger charge is 2.27. The number of carbonyl (C=O) groups excluding carboxylic acids is 1. The highest BCUT2D eigenvalue weighted by atomic mass is 19.1. The molecule has 1 saturated heterocycles. The maximum Gasteiger partial charge on any atom is 0.410 e. The topological polar surface area (TPSA) is 63.3 Å². The van der Waals surface area contributed by atoms with Crippen molar-refractivity contribution in [1.82, 2.24) is 4.90 Å². The molecule has 0 saturated carbocycles. The lowest BCUT2D eigenvalue weighted by Crippen LogP contribution is -2.50. The van der Waals surface area contributed by atoms with Gasteiger partial charge in [-0.3, -0.25) is 0 Å². The third-order valence-electron chi connectivity index (χ3n) is 3.60. The van der Waals surface area contributed by atoms with Gasteiger partial charge in [0.25, 0.3) is 0 Å². The third-order valence-corrected chi connectivity index (χ3v) is 3.60. The van der Waals surface area contributed by atoms with Crippen LogP contribution in [-0.4, -0.2) is 42.8 Å². The van der Waals surface area contributed by atoms with Crippen molar-refractivity contribution in [3.05, 3.63) is 17.9 Å². The van der Waals surface area contributed by atoms with E-state index in [2.05, 4.69) is 10.5 Å². The van der Waals surface area contributed by atoms with Crippen LogP contribution < -0.4 is 15.3 Å². The van der Waals surface area contributed by atoms with Crippen LogP contribution in [0, 0.1) is 5.82 Å². The lowest BCUT2D eigenvalue weighted by molar-refractivity contribution is -0.162. The fourth-order valence-corrected chi connectivity index (χ4v) is 2.50. The standard InChI is InChI=1S/C15H20FN3O4/c1-15(2,3)21-14(20)19-6-4-18(5-7-19)10-8-11(16)13-12(9-10)17-23-22-13/h8-9,17H,4-7H2,1-3H3. The summed E-state index contributed by atoms with van der Waals surface area (Å²) in [6.45, 7) is 7.75. The molecule has 1 aromatic rings. The minimum atomic E-state index is -0.511. The number of hydrogen-bond donors (Lipinski definition) is 1. The van der Waals surface area contributed by atoms with Gasteiger partial charge in [0.15, 0.2) is 5.82 Å². The number of halogens is 1. The number of hydrogen-bond acceptors (Lipinski definition) is 6. The molecule has 23 heavy (non-hydrogen) atoms. The minimum Gasteiger partial charge on any atom is -0.444 e. The predicted octanol–water partition coefficient (Wildman–Crippen LogP) is 2.53. The van der Waals surface area contributed by atoms with E-state index in [9.17, 15) is 9.18 Å². The zero-order valence-electron chi connectivity index (χ0n) is 13.4. The van der Waals surface area contributed by atoms with Crippen LogP contribution in [0.4, 0.5) is 20.6 Å². The third kappa shape index (κ3) is 3.42. The Kier molecular flexibility index (Phi) is 3.93. The average molecular weight is 325 g/mol. The summed E-state index contributed by atoms with van der Waals surface area (Å²) in [7, 11) is 0. The van der Waals surface area contributed by atoms with Crippen molar-refractivity contribution in [2.75, 3.05) is 36.6 Å². The summed E-state index contributed by atoms with van der Waals surface area (Å²) in [5, 5.41) is 0. The first-order valence-electron chi connectivity index (χ1n) is 7.49. The second-order valence-corrected chi connectivity index (χ2v) is 6.53. The molecule has 1 fully saturated rings. The maximum atomic E-state index is 13.9. The molecule has 7 nitrogen and oxygen atoms in total. The Morgan fingerprint density at radius 2 is 1.96 bits per heavy atom. The number of ether oxygens (including phenoxy) is 1. The van der Waals surface area contributed by atoms with Gasteiger partial charge in [0, 0.05) is 37.9 Å². The smallest absolute Gasteiger partial charge is 0.410 e. The number of fused-ring (bicyclic) bond motifs is 1. The summed E-state index contributed by atoms with van der Waals surface area (Å²) in [4.78, 5) is 25.0. The number of nitrogens with zero attached hydrogens (tertiary/aromatic N) is 2. The van der Waals surface area contributed by atoms with Crippen molar-refractivity contribution in [2.24, 2.45) is 0 Å². The first kappa shape index (κ1) is 15.7. The fraction of sp³-hybridized carbons (Fsp3) is 0.533. The molecule has 0 aliphatic carbocycles. The Balaban J connectivity index is 1.63. The van der Waals surface area contributed by atoms with Crippen molar-refractivity contribution in [1.29, 1.82) is 0 Å². The molecule has 0 aromatic heterocycles. The summed E-state index contributed by atoms with van der Waals surface area (Å²) in [5.74, 6) is -0.432. The van der Waals surface area contributed by atoms with Crippen LogP contribution in [0.1, 0.15) is 20.8 Å². The quantitative estimate of drug-likeness (QED) is 0.801. The SMILES string of the molecule is CC(C)(C)OC(=O)N1CCN(c2cc(F)c3c(c2)NOO3)CC1. The van der Waals surface area contributed by atoms with Gasteiger partial charge in [-0.2, -0.15) is 0 Å². The van der Waals surface area contributed by atoms with Crippen molar-refractivity contribution in [2.45, 2.75) is 26.4 Å². The number of nitrogens with one attached hydrogen (secondary N) is 1. The second kappa shape index (κ2) is 5.77. The van der Waals surface area contributed by atoms with E-state index in [0.29, 0.717) is 37.6 Å². The van der Waals surface area contributed by atoms with Gasteiger partial charge < -0.3 is 19.4 Å². The van der Waals surface area contributed by atoms with Gasteiger partial charge in [-0.25, -0.2) is 14.7 Å². The van der Waals surface area contributed by atoms with E-state index in [1.165, 1.54) is 6.07 Å². The summed E-state index contributed by atoms with van der Waals surface area (Å²) < 4.78 is 19.3. The molecule has 0 unspecified atom stereocenters. The Morgan fingerprint density at radius 3 is 2.61 bits per heavy atom. The van der Waals surface area contributed by atoms with Crippen LogP contribution >= 0.6 is 0 Å². The monoisotopic (exact) mass is 325 g/mol. The Bertz CT molecular complexity index is 609. The molecule has 0 radical (unpaired) electrons. The molecule has 2 aliphatic rings. The highest BCUT2D eigenvalue weighted by molar-refractivity contribution is 5.69. The maximum absolute atomic E-state index is 13.9. The number of piperazine rings is 1. The van der Waals surface area contributed by atoms with Crippen LogP contribution in [-0.2, 0) is 9.73 Å². The van der Waals surface area contributed by atoms with Crippen molar-refractivity contribution < 1.29 is 23.8 Å². The Morgan fingerprint density at radius 1 is 1.26 bits per heavy atom. The van der Waals surface area contributed by atoms with Gasteiger partial charge in [0.05, 0.1) is 0 Å². The van der Waals surface area contributed by atoms with Crippen LogP contribution in [0.5, 0.6) is 5.75 Å². The van der Waals surface area contributed by atoms with Gasteiger partial charge >= 0.3 is 6.09 Å². The first-order chi connectivity index (χ1) is 10.8. The largest absolute Gasteiger partial charge is 0.444 e. The average Bonchev–Trinajstić information content (AvgIpc) is 2.94. The molecule has 1 amide bonds. The number of carbonyl (C=O) groups is 1. The fourth-order valence-electron chi connectivity index (χ4n) is 2.50. The summed E-state index contributed by atoms with van der Waals surface area (Å²) in [6.07, 6.45) is -0.319. The van der Waals surface area contributed by atoms with Gasteiger partial charge in [-0.15, -0.1) is 0 Å². The highest BCUT2D eigenvalue weighted by Crippen LogP contribution is 2.36. The molecule has 8 heteroatoms. The van der Waals surface area contributed by atoms with Crippen LogP contribution in [0.15, 0.2) is 12.1 Å². The van der Waals surface area contributed by atoms with Crippen LogP contribution in [0.3, 0.4) is 0 Å². The summed E-state index contributed by atoms with van der Waals surface area (Å²) in [5.41, 5.74) is 3.16. The molecular weight excluding hydrogens is 305 g/mol. The molecule has 0 bridgehead atoms. The molecule has 1 aromatic carbocycles. The van der Waals surface area contributed by atoms with E-state index in [0.717, 1.165) is 0 Å². The lowest BCUT2D eigenvalue weighted by atomic mass is 10.2. The molecule has 2 heterocycles. The van der Waals surface area contributed by atoms with Crippen LogP contribution in [0.2, 0.25) is 0 Å². The first-order valence-corrected chi connectivity index (χ1v) is 7.49. The van der Waals surface area contributed by atoms with Crippen molar-refractivity contribution in [3.8, 4) is 5.75 Å². The van der Waals surface area contributed by atoms with Gasteiger partial charge in [-0.05, 0) is 26.8 Å². The van der Waals surface area contributed by atoms with Gasteiger partial charge in [-0.1, -0.05) is 4.99 Å². The van der Waals surface area contributed by atoms with Crippen molar-refractivity contribution in [3.63, 3.8) is 0 Å². The molecule has 0 spiro atoms. The lowest BCUT2D eigenvalue weighted by Gasteiger charge is -2.36. The zero-order chi connectivity index (χ0) is 16.6. The van der Waals surface area contributed by atoms with E-state index in [4.69, 9.17) is 9.62 Å². The van der Waals surface area contributed by atoms with E-state index in [-0.39, 0.29) is 11.8 Å². The molecule has 126 valence electrons. The Hall–Kier alpha value is -2.22. The Labute approximate surface area is 133 Å². The second-order valence-electron chi connectivity index (χ2n) is 6.53. The van der Waals surface area contributed by atoms with E-state index >= 15 is 0 Å². The number of amides is 1. The normalized spacial score (nSPS) is 17.4. The molecular formula is C15H20FN3O4. The zero-order valence-corrected chi connectivity index (χ0v) is 13.4. The van der Waals surface area contributed by atoms with Crippen molar-refractivity contribution >= 4 is 17.5 Å². The van der Waals surface area contributed by atoms with E-state index in [1.54, 1.807) is 11.0 Å². The molecule has 1 N–H and O–H groups in total. The predicted molar refractivity (Wildman–Crippen MR) is 81.8 cm³/mol. The minimum absolute atomic E-state index is 0.0566. The van der Waals surface area contributed by atoms with Gasteiger partial charge in [0.1, 0.15) is 11.3 Å². The summed E-state index contributed by atoms with van der Waals surface area (Å²) >= 11 is 0. The number of anilines is 2. The molecule has 0 atom stereocenters. The van der Waals surface area contributed by atoms with Crippen LogP contribution in [0.25, 0.3) is 0 Å².